The summed E-state index contributed by atoms with van der Waals surface area (Å²) in [5.74, 6) is -0.0340. The standard InChI is InChI=1S/C20H24N4O3/c1-15-3-2-6-22-17(15)11-18(25)24-8-4-20(5-9-24)12-16(27-19(20)26)13-23-10-7-21-14-23/h2-3,6-7,10,14,16H,4-5,8-9,11-13H2,1H3. The molecule has 1 spiro atoms. The number of aryl methyl sites for hydroxylation is 1. The highest BCUT2D eigenvalue weighted by molar-refractivity contribution is 5.81. The highest BCUT2D eigenvalue weighted by Gasteiger charge is 2.50. The van der Waals surface area contributed by atoms with E-state index in [0.29, 0.717) is 45.3 Å². The number of pyridine rings is 1. The van der Waals surface area contributed by atoms with Crippen LogP contribution in [0.5, 0.6) is 0 Å². The van der Waals surface area contributed by atoms with Crippen LogP contribution in [-0.4, -0.2) is 50.5 Å². The number of hydrogen-bond donors (Lipinski definition) is 0. The number of esters is 1. The van der Waals surface area contributed by atoms with Crippen molar-refractivity contribution in [2.45, 2.75) is 45.3 Å². The van der Waals surface area contributed by atoms with Crippen molar-refractivity contribution in [2.75, 3.05) is 13.1 Å². The van der Waals surface area contributed by atoms with Crippen LogP contribution in [0.2, 0.25) is 0 Å². The summed E-state index contributed by atoms with van der Waals surface area (Å²) < 4.78 is 7.57. The molecule has 2 fully saturated rings. The molecule has 27 heavy (non-hydrogen) atoms. The van der Waals surface area contributed by atoms with Gasteiger partial charge in [0.25, 0.3) is 0 Å². The van der Waals surface area contributed by atoms with Gasteiger partial charge in [-0.2, -0.15) is 0 Å². The molecule has 2 aromatic rings. The topological polar surface area (TPSA) is 77.3 Å². The van der Waals surface area contributed by atoms with Crippen molar-refractivity contribution in [3.05, 3.63) is 48.3 Å². The van der Waals surface area contributed by atoms with E-state index in [1.165, 1.54) is 0 Å². The van der Waals surface area contributed by atoms with Crippen molar-refractivity contribution >= 4 is 11.9 Å². The second-order valence-electron chi connectivity index (χ2n) is 7.60. The minimum atomic E-state index is -0.442. The molecule has 0 saturated carbocycles. The SMILES string of the molecule is Cc1cccnc1CC(=O)N1CCC2(CC1)CC(Cn1ccnc1)OC2=O. The number of ether oxygens (including phenoxy) is 1. The van der Waals surface area contributed by atoms with E-state index in [4.69, 9.17) is 4.74 Å². The predicted octanol–water partition coefficient (Wildman–Crippen LogP) is 1.75. The first-order chi connectivity index (χ1) is 13.1. The van der Waals surface area contributed by atoms with Crippen LogP contribution in [0.1, 0.15) is 30.5 Å². The maximum Gasteiger partial charge on any atom is 0.312 e. The lowest BCUT2D eigenvalue weighted by atomic mass is 9.76. The molecule has 1 atom stereocenters. The van der Waals surface area contributed by atoms with Crippen molar-refractivity contribution in [2.24, 2.45) is 5.41 Å². The normalized spacial score (nSPS) is 21.4. The first-order valence-corrected chi connectivity index (χ1v) is 9.41. The predicted molar refractivity (Wildman–Crippen MR) is 97.6 cm³/mol. The van der Waals surface area contributed by atoms with Crippen molar-refractivity contribution in [3.8, 4) is 0 Å². The second-order valence-corrected chi connectivity index (χ2v) is 7.60. The Morgan fingerprint density at radius 3 is 2.85 bits per heavy atom. The van der Waals surface area contributed by atoms with Gasteiger partial charge in [-0.1, -0.05) is 6.07 Å². The van der Waals surface area contributed by atoms with Crippen molar-refractivity contribution in [1.29, 1.82) is 0 Å². The lowest BCUT2D eigenvalue weighted by Gasteiger charge is -2.36. The third kappa shape index (κ3) is 3.59. The van der Waals surface area contributed by atoms with Crippen LogP contribution in [-0.2, 0) is 27.3 Å². The maximum absolute atomic E-state index is 12.6. The van der Waals surface area contributed by atoms with E-state index in [0.717, 1.165) is 11.3 Å². The zero-order valence-electron chi connectivity index (χ0n) is 15.5. The Morgan fingerprint density at radius 2 is 2.15 bits per heavy atom. The lowest BCUT2D eigenvalue weighted by molar-refractivity contribution is -0.152. The minimum Gasteiger partial charge on any atom is -0.460 e. The summed E-state index contributed by atoms with van der Waals surface area (Å²) in [6.45, 7) is 3.79. The van der Waals surface area contributed by atoms with Gasteiger partial charge in [0.2, 0.25) is 5.91 Å². The van der Waals surface area contributed by atoms with E-state index in [9.17, 15) is 9.59 Å². The maximum atomic E-state index is 12.6. The fourth-order valence-corrected chi connectivity index (χ4v) is 4.12. The molecule has 7 heteroatoms. The summed E-state index contributed by atoms with van der Waals surface area (Å²) in [5, 5.41) is 0. The first kappa shape index (κ1) is 17.7. The van der Waals surface area contributed by atoms with Crippen LogP contribution >= 0.6 is 0 Å². The fourth-order valence-electron chi connectivity index (χ4n) is 4.12. The molecule has 142 valence electrons. The van der Waals surface area contributed by atoms with Gasteiger partial charge in [-0.15, -0.1) is 0 Å². The Balaban J connectivity index is 1.35. The van der Waals surface area contributed by atoms with Crippen LogP contribution in [0.15, 0.2) is 37.1 Å². The third-order valence-corrected chi connectivity index (χ3v) is 5.81. The fraction of sp³-hybridized carbons (Fsp3) is 0.500. The molecular weight excluding hydrogens is 344 g/mol. The Labute approximate surface area is 158 Å². The molecule has 2 saturated heterocycles. The van der Waals surface area contributed by atoms with E-state index in [2.05, 4.69) is 9.97 Å². The number of aromatic nitrogens is 3. The van der Waals surface area contributed by atoms with Gasteiger partial charge in [0.15, 0.2) is 0 Å². The molecule has 0 bridgehead atoms. The monoisotopic (exact) mass is 368 g/mol. The van der Waals surface area contributed by atoms with E-state index >= 15 is 0 Å². The molecule has 7 nitrogen and oxygen atoms in total. The van der Waals surface area contributed by atoms with Crippen LogP contribution in [0.3, 0.4) is 0 Å². The Hall–Kier alpha value is -2.70. The molecule has 0 radical (unpaired) electrons. The van der Waals surface area contributed by atoms with Gasteiger partial charge in [-0.05, 0) is 31.4 Å². The Morgan fingerprint density at radius 1 is 1.33 bits per heavy atom. The lowest BCUT2D eigenvalue weighted by Crippen LogP contribution is -2.45. The van der Waals surface area contributed by atoms with Crippen molar-refractivity contribution in [1.82, 2.24) is 19.4 Å². The number of imidazole rings is 1. The number of likely N-dealkylation sites (tertiary alicyclic amines) is 1. The van der Waals surface area contributed by atoms with Gasteiger partial charge in [0, 0.05) is 38.1 Å². The highest BCUT2D eigenvalue weighted by atomic mass is 16.6. The molecule has 0 N–H and O–H groups in total. The summed E-state index contributed by atoms with van der Waals surface area (Å²) in [6.07, 6.45) is 9.29. The van der Waals surface area contributed by atoms with Crippen molar-refractivity contribution in [3.63, 3.8) is 0 Å². The molecule has 4 rings (SSSR count). The van der Waals surface area contributed by atoms with E-state index in [1.807, 2.05) is 34.7 Å². The molecule has 1 unspecified atom stereocenters. The number of nitrogens with zero attached hydrogens (tertiary/aromatic N) is 4. The summed E-state index contributed by atoms with van der Waals surface area (Å²) in [6, 6.07) is 3.84. The summed E-state index contributed by atoms with van der Waals surface area (Å²) in [4.78, 5) is 35.4. The van der Waals surface area contributed by atoms with Crippen LogP contribution < -0.4 is 0 Å². The van der Waals surface area contributed by atoms with Crippen LogP contribution in [0.25, 0.3) is 0 Å². The van der Waals surface area contributed by atoms with E-state index in [1.54, 1.807) is 18.7 Å². The smallest absolute Gasteiger partial charge is 0.312 e. The van der Waals surface area contributed by atoms with E-state index < -0.39 is 5.41 Å². The van der Waals surface area contributed by atoms with Gasteiger partial charge in [-0.25, -0.2) is 4.98 Å². The largest absolute Gasteiger partial charge is 0.460 e. The molecule has 2 aliphatic rings. The van der Waals surface area contributed by atoms with E-state index in [-0.39, 0.29) is 18.0 Å². The number of amides is 1. The molecule has 0 aliphatic carbocycles. The summed E-state index contributed by atoms with van der Waals surface area (Å²) >= 11 is 0. The zero-order chi connectivity index (χ0) is 18.9. The van der Waals surface area contributed by atoms with Gasteiger partial charge in [0.1, 0.15) is 6.10 Å². The Bertz CT molecular complexity index is 826. The van der Waals surface area contributed by atoms with Gasteiger partial charge in [-0.3, -0.25) is 14.6 Å². The zero-order valence-corrected chi connectivity index (χ0v) is 15.5. The van der Waals surface area contributed by atoms with Gasteiger partial charge >= 0.3 is 5.97 Å². The third-order valence-electron chi connectivity index (χ3n) is 5.81. The highest BCUT2D eigenvalue weighted by Crippen LogP contribution is 2.43. The number of hydrogen-bond acceptors (Lipinski definition) is 5. The Kier molecular flexibility index (Phi) is 4.68. The molecule has 4 heterocycles. The average molecular weight is 368 g/mol. The quantitative estimate of drug-likeness (QED) is 0.769. The molecule has 2 aliphatic heterocycles. The number of rotatable bonds is 4. The van der Waals surface area contributed by atoms with Crippen LogP contribution in [0, 0.1) is 12.3 Å². The average Bonchev–Trinajstić information content (AvgIpc) is 3.26. The van der Waals surface area contributed by atoms with Gasteiger partial charge in [0.05, 0.1) is 30.4 Å². The van der Waals surface area contributed by atoms with Gasteiger partial charge < -0.3 is 14.2 Å². The molecule has 0 aromatic carbocycles. The number of carbonyl (C=O) groups excluding carboxylic acids is 2. The molecular formula is C20H24N4O3. The number of cyclic esters (lactones) is 1. The first-order valence-electron chi connectivity index (χ1n) is 9.41. The second kappa shape index (κ2) is 7.13. The molecule has 1 amide bonds. The minimum absolute atomic E-state index is 0.0768. The molecule has 2 aromatic heterocycles. The summed E-state index contributed by atoms with van der Waals surface area (Å²) in [5.41, 5.74) is 1.41. The van der Waals surface area contributed by atoms with Crippen LogP contribution in [0.4, 0.5) is 0 Å². The summed E-state index contributed by atoms with van der Waals surface area (Å²) in [7, 11) is 0. The number of carbonyl (C=O) groups is 2. The number of piperidine rings is 1. The van der Waals surface area contributed by atoms with Crippen molar-refractivity contribution < 1.29 is 14.3 Å².